The quantitative estimate of drug-likeness (QED) is 0.378. The summed E-state index contributed by atoms with van der Waals surface area (Å²) >= 11 is 0. The Balaban J connectivity index is 0.00000408. The molecule has 2 N–H and O–H groups in total. The van der Waals surface area contributed by atoms with E-state index in [1.54, 1.807) is 0 Å². The SMILES string of the molecule is Cl.N[C@H]1CC[C@@](c2ccc(C(F)(C(F)(F)F)C(F)(F)F)cc2)(S(=O)(=O)c2ccc(F)cc2)CC1. The molecule has 1 fully saturated rings. The third-order valence-electron chi connectivity index (χ3n) is 6.07. The summed E-state index contributed by atoms with van der Waals surface area (Å²) in [6, 6.07) is 5.65. The lowest BCUT2D eigenvalue weighted by molar-refractivity contribution is -0.348. The number of benzene rings is 2. The zero-order valence-corrected chi connectivity index (χ0v) is 18.9. The number of sulfone groups is 1. The van der Waals surface area contributed by atoms with Crippen LogP contribution in [0.2, 0.25) is 0 Å². The van der Waals surface area contributed by atoms with E-state index < -0.39 is 44.0 Å². The Hall–Kier alpha value is -1.92. The fraction of sp³-hybridized carbons (Fsp3) is 0.429. The van der Waals surface area contributed by atoms with Crippen molar-refractivity contribution in [3.05, 3.63) is 65.5 Å². The van der Waals surface area contributed by atoms with Gasteiger partial charge >= 0.3 is 18.0 Å². The highest BCUT2D eigenvalue weighted by Gasteiger charge is 2.73. The van der Waals surface area contributed by atoms with E-state index in [0.717, 1.165) is 36.4 Å². The minimum atomic E-state index is -6.29. The molecule has 34 heavy (non-hydrogen) atoms. The predicted octanol–water partition coefficient (Wildman–Crippen LogP) is 6.11. The Morgan fingerprint density at radius 2 is 1.24 bits per heavy atom. The van der Waals surface area contributed by atoms with Crippen molar-refractivity contribution in [3.8, 4) is 0 Å². The van der Waals surface area contributed by atoms with Gasteiger partial charge in [-0.05, 0) is 55.5 Å². The van der Waals surface area contributed by atoms with E-state index in [0.29, 0.717) is 12.1 Å². The van der Waals surface area contributed by atoms with E-state index in [2.05, 4.69) is 0 Å². The van der Waals surface area contributed by atoms with Crippen molar-refractivity contribution in [2.24, 2.45) is 5.73 Å². The first kappa shape index (κ1) is 28.3. The summed E-state index contributed by atoms with van der Waals surface area (Å²) in [5.41, 5.74) is -1.58. The van der Waals surface area contributed by atoms with Gasteiger partial charge in [-0.1, -0.05) is 24.3 Å². The molecule has 1 aliphatic rings. The smallest absolute Gasteiger partial charge is 0.328 e. The molecule has 2 aromatic carbocycles. The summed E-state index contributed by atoms with van der Waals surface area (Å²) in [7, 11) is -4.28. The topological polar surface area (TPSA) is 60.2 Å². The van der Waals surface area contributed by atoms with Gasteiger partial charge in [0.25, 0.3) is 0 Å². The molecule has 0 amide bonds. The first-order chi connectivity index (χ1) is 15.1. The summed E-state index contributed by atoms with van der Waals surface area (Å²) < 4.78 is 131. The van der Waals surface area contributed by atoms with E-state index >= 15 is 0 Å². The molecule has 1 aliphatic carbocycles. The lowest BCUT2D eigenvalue weighted by atomic mass is 9.80. The summed E-state index contributed by atoms with van der Waals surface area (Å²) in [5.74, 6) is -0.698. The average molecular weight is 538 g/mol. The van der Waals surface area contributed by atoms with Crippen LogP contribution in [0.25, 0.3) is 0 Å². The van der Waals surface area contributed by atoms with Crippen molar-refractivity contribution >= 4 is 22.2 Å². The lowest BCUT2D eigenvalue weighted by Gasteiger charge is -2.39. The number of alkyl halides is 7. The maximum atomic E-state index is 14.4. The molecule has 0 aromatic heterocycles. The van der Waals surface area contributed by atoms with Gasteiger partial charge in [0.2, 0.25) is 0 Å². The number of halogens is 9. The molecule has 13 heteroatoms. The van der Waals surface area contributed by atoms with Gasteiger partial charge in [-0.2, -0.15) is 26.3 Å². The molecule has 190 valence electrons. The highest BCUT2D eigenvalue weighted by atomic mass is 35.5. The Labute approximate surface area is 196 Å². The largest absolute Gasteiger partial charge is 0.435 e. The highest BCUT2D eigenvalue weighted by Crippen LogP contribution is 2.54. The van der Waals surface area contributed by atoms with Crippen LogP contribution in [0, 0.1) is 5.82 Å². The lowest BCUT2D eigenvalue weighted by Crippen LogP contribution is -2.50. The van der Waals surface area contributed by atoms with Crippen LogP contribution in [0.4, 0.5) is 35.1 Å². The molecule has 0 atom stereocenters. The molecule has 1 saturated carbocycles. The van der Waals surface area contributed by atoms with Gasteiger partial charge in [0.15, 0.2) is 9.84 Å². The summed E-state index contributed by atoms with van der Waals surface area (Å²) in [4.78, 5) is -0.270. The van der Waals surface area contributed by atoms with Crippen LogP contribution >= 0.6 is 12.4 Å². The van der Waals surface area contributed by atoms with Crippen LogP contribution in [-0.4, -0.2) is 26.8 Å². The van der Waals surface area contributed by atoms with Crippen molar-refractivity contribution in [3.63, 3.8) is 0 Å². The zero-order valence-electron chi connectivity index (χ0n) is 17.3. The Kier molecular flexibility index (Phi) is 7.72. The number of rotatable bonds is 4. The van der Waals surface area contributed by atoms with Crippen LogP contribution in [0.15, 0.2) is 53.4 Å². The van der Waals surface area contributed by atoms with Crippen molar-refractivity contribution in [2.75, 3.05) is 0 Å². The molecule has 0 bridgehead atoms. The standard InChI is InChI=1S/C21H19F8NO2S.ClH/c22-15-5-7-17(8-6-15)33(31,32)18(11-9-16(30)10-12-18)13-1-3-14(4-2-13)19(23,20(24,25)26)21(27,28)29;/h1-8,16H,9-12,30H2;1H/t16-,18+;. The van der Waals surface area contributed by atoms with E-state index in [-0.39, 0.29) is 54.6 Å². The van der Waals surface area contributed by atoms with Crippen LogP contribution in [-0.2, 0) is 20.3 Å². The normalized spacial score (nSPS) is 22.2. The number of nitrogens with two attached hydrogens (primary N) is 1. The first-order valence-corrected chi connectivity index (χ1v) is 11.2. The fourth-order valence-corrected chi connectivity index (χ4v) is 6.32. The van der Waals surface area contributed by atoms with Crippen LogP contribution in [0.1, 0.15) is 36.8 Å². The van der Waals surface area contributed by atoms with E-state index in [4.69, 9.17) is 5.73 Å². The highest BCUT2D eigenvalue weighted by molar-refractivity contribution is 7.92. The molecule has 0 aliphatic heterocycles. The maximum Gasteiger partial charge on any atom is 0.435 e. The fourth-order valence-electron chi connectivity index (χ4n) is 4.15. The molecule has 3 nitrogen and oxygen atoms in total. The Bertz CT molecular complexity index is 1080. The minimum absolute atomic E-state index is 0. The Morgan fingerprint density at radius 1 is 0.794 bits per heavy atom. The summed E-state index contributed by atoms with van der Waals surface area (Å²) in [6.45, 7) is 0. The zero-order chi connectivity index (χ0) is 24.9. The van der Waals surface area contributed by atoms with Crippen LogP contribution < -0.4 is 5.73 Å². The molecular weight excluding hydrogens is 518 g/mol. The minimum Gasteiger partial charge on any atom is -0.328 e. The van der Waals surface area contributed by atoms with Gasteiger partial charge in [-0.3, -0.25) is 0 Å². The van der Waals surface area contributed by atoms with Gasteiger partial charge in [-0.25, -0.2) is 17.2 Å². The second-order valence-electron chi connectivity index (χ2n) is 8.02. The molecular formula is C21H20ClF8NO2S. The summed E-state index contributed by atoms with van der Waals surface area (Å²) in [6.07, 6.45) is -12.3. The van der Waals surface area contributed by atoms with Gasteiger partial charge in [-0.15, -0.1) is 12.4 Å². The number of hydrogen-bond acceptors (Lipinski definition) is 3. The van der Waals surface area contributed by atoms with Crippen molar-refractivity contribution in [1.29, 1.82) is 0 Å². The monoisotopic (exact) mass is 537 g/mol. The molecule has 0 spiro atoms. The van der Waals surface area contributed by atoms with Gasteiger partial charge < -0.3 is 5.73 Å². The third-order valence-corrected chi connectivity index (χ3v) is 8.63. The van der Waals surface area contributed by atoms with E-state index in [1.807, 2.05) is 0 Å². The van der Waals surface area contributed by atoms with Gasteiger partial charge in [0.05, 0.1) is 4.90 Å². The first-order valence-electron chi connectivity index (χ1n) is 9.75. The molecule has 2 aromatic rings. The van der Waals surface area contributed by atoms with E-state index in [9.17, 15) is 43.5 Å². The molecule has 0 unspecified atom stereocenters. The Morgan fingerprint density at radius 3 is 1.65 bits per heavy atom. The molecule has 3 rings (SSSR count). The van der Waals surface area contributed by atoms with Gasteiger partial charge in [0.1, 0.15) is 10.6 Å². The van der Waals surface area contributed by atoms with Crippen molar-refractivity contribution < 1.29 is 43.5 Å². The van der Waals surface area contributed by atoms with E-state index in [1.165, 1.54) is 0 Å². The molecule has 0 radical (unpaired) electrons. The van der Waals surface area contributed by atoms with Gasteiger partial charge in [0, 0.05) is 11.6 Å². The second kappa shape index (κ2) is 9.27. The second-order valence-corrected chi connectivity index (χ2v) is 10.3. The maximum absolute atomic E-state index is 14.4. The van der Waals surface area contributed by atoms with Crippen LogP contribution in [0.3, 0.4) is 0 Å². The third kappa shape index (κ3) is 4.51. The number of hydrogen-bond donors (Lipinski definition) is 1. The van der Waals surface area contributed by atoms with Crippen LogP contribution in [0.5, 0.6) is 0 Å². The molecule has 0 heterocycles. The average Bonchev–Trinajstić information content (AvgIpc) is 2.72. The molecule has 0 saturated heterocycles. The predicted molar refractivity (Wildman–Crippen MR) is 110 cm³/mol. The van der Waals surface area contributed by atoms with Crippen molar-refractivity contribution in [1.82, 2.24) is 0 Å². The van der Waals surface area contributed by atoms with Crippen molar-refractivity contribution in [2.45, 2.75) is 59.4 Å². The summed E-state index contributed by atoms with van der Waals surface area (Å²) in [5, 5.41) is 0.